The zero-order valence-electron chi connectivity index (χ0n) is 12.9. The minimum absolute atomic E-state index is 0.377. The van der Waals surface area contributed by atoms with Crippen molar-refractivity contribution in [1.82, 2.24) is 0 Å². The molecule has 0 aliphatic heterocycles. The Labute approximate surface area is 142 Å². The summed E-state index contributed by atoms with van der Waals surface area (Å²) in [5.41, 5.74) is 3.80. The van der Waals surface area contributed by atoms with E-state index in [1.807, 2.05) is 0 Å². The molecule has 0 bridgehead atoms. The molecule has 4 aromatic rings. The van der Waals surface area contributed by atoms with Crippen molar-refractivity contribution in [3.63, 3.8) is 0 Å². The summed E-state index contributed by atoms with van der Waals surface area (Å²) in [6.45, 7) is 2.18. The van der Waals surface area contributed by atoms with E-state index in [0.29, 0.717) is 14.5 Å². The fourth-order valence-electron chi connectivity index (χ4n) is 2.99. The molecular formula is C21H17NSe. The van der Waals surface area contributed by atoms with Gasteiger partial charge in [-0.05, 0) is 0 Å². The van der Waals surface area contributed by atoms with Crippen LogP contribution in [0.4, 0.5) is 15.9 Å². The van der Waals surface area contributed by atoms with Crippen LogP contribution < -0.4 is 4.90 Å². The molecule has 0 amide bonds. The number of para-hydroxylation sites is 1. The third-order valence-electron chi connectivity index (χ3n) is 4.10. The zero-order chi connectivity index (χ0) is 15.6. The molecule has 0 saturated carbocycles. The van der Waals surface area contributed by atoms with Gasteiger partial charge in [-0.15, -0.1) is 0 Å². The van der Waals surface area contributed by atoms with Crippen LogP contribution in [-0.4, -0.2) is 14.5 Å². The summed E-state index contributed by atoms with van der Waals surface area (Å²) in [5.74, 6) is 0. The topological polar surface area (TPSA) is 3.24 Å². The van der Waals surface area contributed by atoms with Crippen molar-refractivity contribution < 1.29 is 0 Å². The molecule has 1 nitrogen and oxygen atoms in total. The van der Waals surface area contributed by atoms with Crippen LogP contribution in [0.1, 0.15) is 5.56 Å². The molecule has 112 valence electrons. The van der Waals surface area contributed by atoms with Gasteiger partial charge in [-0.2, -0.15) is 0 Å². The van der Waals surface area contributed by atoms with Crippen LogP contribution in [0.2, 0.25) is 0 Å². The van der Waals surface area contributed by atoms with Crippen LogP contribution in [0, 0.1) is 6.92 Å². The predicted molar refractivity (Wildman–Crippen MR) is 100 cm³/mol. The molecule has 2 heteroatoms. The molecule has 0 spiro atoms. The first-order valence-corrected chi connectivity index (χ1v) is 9.56. The third-order valence-corrected chi connectivity index (χ3v) is 5.89. The van der Waals surface area contributed by atoms with Gasteiger partial charge in [-0.25, -0.2) is 0 Å². The number of fused-ring (bicyclic) bond motifs is 1. The van der Waals surface area contributed by atoms with Gasteiger partial charge in [0.15, 0.2) is 0 Å². The fraction of sp³-hybridized carbons (Fsp3) is 0.0476. The molecule has 0 fully saturated rings. The van der Waals surface area contributed by atoms with E-state index in [-0.39, 0.29) is 0 Å². The fourth-order valence-corrected chi connectivity index (χ4v) is 4.59. The van der Waals surface area contributed by atoms with Crippen molar-refractivity contribution in [3.8, 4) is 0 Å². The molecule has 23 heavy (non-hydrogen) atoms. The Bertz CT molecular complexity index is 927. The van der Waals surface area contributed by atoms with Gasteiger partial charge in [0.2, 0.25) is 0 Å². The quantitative estimate of drug-likeness (QED) is 0.424. The van der Waals surface area contributed by atoms with E-state index >= 15 is 0 Å². The third kappa shape index (κ3) is 2.61. The summed E-state index contributed by atoms with van der Waals surface area (Å²) < 4.78 is 1.37. The Morgan fingerprint density at radius 1 is 0.696 bits per heavy atom. The van der Waals surface area contributed by atoms with Gasteiger partial charge in [0.1, 0.15) is 0 Å². The van der Waals surface area contributed by atoms with E-state index < -0.39 is 0 Å². The Morgan fingerprint density at radius 3 is 2.17 bits per heavy atom. The van der Waals surface area contributed by atoms with Gasteiger partial charge < -0.3 is 0 Å². The van der Waals surface area contributed by atoms with Gasteiger partial charge in [0, 0.05) is 0 Å². The first kappa shape index (κ1) is 14.3. The van der Waals surface area contributed by atoms with E-state index in [1.54, 1.807) is 0 Å². The molecule has 0 saturated heterocycles. The Hall–Kier alpha value is -2.28. The summed E-state index contributed by atoms with van der Waals surface area (Å²) in [5, 5.41) is 2.63. The van der Waals surface area contributed by atoms with E-state index in [1.165, 1.54) is 32.3 Å². The summed E-state index contributed by atoms with van der Waals surface area (Å²) in [6, 6.07) is 28.2. The maximum atomic E-state index is 2.40. The van der Waals surface area contributed by atoms with Crippen LogP contribution in [0.15, 0.2) is 83.8 Å². The molecule has 0 atom stereocenters. The van der Waals surface area contributed by atoms with Gasteiger partial charge in [-0.1, -0.05) is 0 Å². The number of rotatable bonds is 3. The van der Waals surface area contributed by atoms with Gasteiger partial charge in [-0.3, -0.25) is 0 Å². The van der Waals surface area contributed by atoms with Crippen molar-refractivity contribution in [2.45, 2.75) is 6.92 Å². The first-order valence-electron chi connectivity index (χ1n) is 7.71. The molecular weight excluding hydrogens is 345 g/mol. The van der Waals surface area contributed by atoms with E-state index in [4.69, 9.17) is 0 Å². The zero-order valence-corrected chi connectivity index (χ0v) is 14.7. The van der Waals surface area contributed by atoms with Gasteiger partial charge in [0.05, 0.1) is 0 Å². The Morgan fingerprint density at radius 2 is 1.43 bits per heavy atom. The summed E-state index contributed by atoms with van der Waals surface area (Å²) >= 11 is 0.377. The predicted octanol–water partition coefficient (Wildman–Crippen LogP) is 5.68. The molecule has 0 radical (unpaired) electrons. The summed E-state index contributed by atoms with van der Waals surface area (Å²) in [7, 11) is 0. The number of hydrogen-bond donors (Lipinski definition) is 0. The normalized spacial score (nSPS) is 10.8. The second-order valence-electron chi connectivity index (χ2n) is 5.57. The van der Waals surface area contributed by atoms with Crippen molar-refractivity contribution in [2.24, 2.45) is 0 Å². The Balaban J connectivity index is 2.00. The molecule has 1 heterocycles. The van der Waals surface area contributed by atoms with Crippen LogP contribution in [0.3, 0.4) is 0 Å². The Kier molecular flexibility index (Phi) is 3.78. The van der Waals surface area contributed by atoms with Gasteiger partial charge >= 0.3 is 142 Å². The minimum atomic E-state index is 0.377. The van der Waals surface area contributed by atoms with Crippen LogP contribution in [-0.2, 0) is 0 Å². The standard InChI is InChI=1S/C21H17NSe/c1-16-13-14-20(19-11-6-5-10-18(16)19)22(21-12-7-15-23-21)17-8-3-2-4-9-17/h2-15H,1H3. The molecule has 0 unspecified atom stereocenters. The average Bonchev–Trinajstić information content (AvgIpc) is 3.13. The molecule has 4 rings (SSSR count). The number of hydrogen-bond acceptors (Lipinski definition) is 1. The number of aryl methyl sites for hydroxylation is 1. The van der Waals surface area contributed by atoms with Crippen LogP contribution >= 0.6 is 0 Å². The number of anilines is 3. The molecule has 0 aliphatic rings. The van der Waals surface area contributed by atoms with Crippen molar-refractivity contribution in [1.29, 1.82) is 0 Å². The molecule has 1 aromatic heterocycles. The maximum absolute atomic E-state index is 2.40. The second-order valence-corrected chi connectivity index (χ2v) is 7.51. The molecule has 0 aliphatic carbocycles. The second kappa shape index (κ2) is 6.08. The van der Waals surface area contributed by atoms with Crippen molar-refractivity contribution in [2.75, 3.05) is 4.90 Å². The number of nitrogens with zero attached hydrogens (tertiary/aromatic N) is 1. The number of benzene rings is 3. The molecule has 3 aromatic carbocycles. The SMILES string of the molecule is Cc1ccc(N(c2ccccc2)c2ccc[se]2)c2ccccc12. The van der Waals surface area contributed by atoms with Gasteiger partial charge in [0.25, 0.3) is 0 Å². The summed E-state index contributed by atoms with van der Waals surface area (Å²) in [6.07, 6.45) is 0. The average molecular weight is 362 g/mol. The van der Waals surface area contributed by atoms with E-state index in [9.17, 15) is 0 Å². The van der Waals surface area contributed by atoms with Crippen molar-refractivity contribution >= 4 is 41.2 Å². The van der Waals surface area contributed by atoms with E-state index in [2.05, 4.69) is 95.6 Å². The monoisotopic (exact) mass is 363 g/mol. The molecule has 0 N–H and O–H groups in total. The van der Waals surface area contributed by atoms with E-state index in [0.717, 1.165) is 0 Å². The van der Waals surface area contributed by atoms with Crippen LogP contribution in [0.25, 0.3) is 10.8 Å². The van der Waals surface area contributed by atoms with Crippen LogP contribution in [0.5, 0.6) is 0 Å². The summed E-state index contributed by atoms with van der Waals surface area (Å²) in [4.78, 5) is 4.68. The first-order chi connectivity index (χ1) is 11.3. The van der Waals surface area contributed by atoms with Crippen molar-refractivity contribution in [3.05, 3.63) is 89.4 Å².